The first-order valence-electron chi connectivity index (χ1n) is 9.88. The van der Waals surface area contributed by atoms with Crippen LogP contribution in [-0.4, -0.2) is 27.0 Å². The number of benzene rings is 2. The van der Waals surface area contributed by atoms with Crippen LogP contribution in [0.15, 0.2) is 52.4 Å². The summed E-state index contributed by atoms with van der Waals surface area (Å²) in [5.74, 6) is -1.91. The number of para-hydroxylation sites is 2. The fourth-order valence-electron chi connectivity index (χ4n) is 2.81. The number of nitro benzene ring substituents is 1. The lowest BCUT2D eigenvalue weighted by Crippen LogP contribution is -2.25. The van der Waals surface area contributed by atoms with Crippen LogP contribution in [0.5, 0.6) is 17.5 Å². The molecule has 2 aromatic carbocycles. The van der Waals surface area contributed by atoms with Crippen LogP contribution in [0.25, 0.3) is 5.69 Å². The zero-order chi connectivity index (χ0) is 26.6. The molecule has 36 heavy (non-hydrogen) atoms. The van der Waals surface area contributed by atoms with Crippen LogP contribution < -0.4 is 15.1 Å². The molecular weight excluding hydrogens is 516 g/mol. The van der Waals surface area contributed by atoms with Gasteiger partial charge in [0, 0.05) is 25.1 Å². The fraction of sp³-hybridized carbons (Fsp3) is 0.190. The quantitative estimate of drug-likeness (QED) is 0.130. The number of nitro groups is 1. The molecule has 0 bridgehead atoms. The summed E-state index contributed by atoms with van der Waals surface area (Å²) in [6.45, 7) is 3.08. The number of aromatic nitrogens is 2. The number of halogens is 5. The Bertz CT molecular complexity index is 1390. The second-order valence-electron chi connectivity index (χ2n) is 6.79. The number of hydrogen-bond donors (Lipinski definition) is 0. The van der Waals surface area contributed by atoms with Crippen molar-refractivity contribution in [3.63, 3.8) is 0 Å². The van der Waals surface area contributed by atoms with Gasteiger partial charge in [0.1, 0.15) is 11.6 Å². The normalized spacial score (nSPS) is 11.8. The van der Waals surface area contributed by atoms with E-state index >= 15 is 0 Å². The van der Waals surface area contributed by atoms with Gasteiger partial charge >= 0.3 is 17.9 Å². The number of nitrogens with zero attached hydrogens (tertiary/aromatic N) is 4. The van der Waals surface area contributed by atoms with Gasteiger partial charge in [0.25, 0.3) is 5.56 Å². The zero-order valence-corrected chi connectivity index (χ0v) is 19.1. The number of hydrogen-bond acceptors (Lipinski definition) is 8. The topological polar surface area (TPSA) is 118 Å². The van der Waals surface area contributed by atoms with Gasteiger partial charge in [0.05, 0.1) is 22.2 Å². The van der Waals surface area contributed by atoms with Crippen LogP contribution in [0.3, 0.4) is 0 Å². The summed E-state index contributed by atoms with van der Waals surface area (Å²) in [5.41, 5.74) is -4.13. The summed E-state index contributed by atoms with van der Waals surface area (Å²) in [6, 6.07) is 5.81. The molecule has 1 aromatic heterocycles. The molecule has 0 radical (unpaired) electrons. The maximum absolute atomic E-state index is 14.9. The van der Waals surface area contributed by atoms with E-state index in [-0.39, 0.29) is 35.1 Å². The van der Waals surface area contributed by atoms with Crippen molar-refractivity contribution in [1.29, 1.82) is 0 Å². The van der Waals surface area contributed by atoms with E-state index in [2.05, 4.69) is 10.1 Å². The molecule has 0 saturated heterocycles. The van der Waals surface area contributed by atoms with Crippen molar-refractivity contribution in [3.05, 3.63) is 79.5 Å². The van der Waals surface area contributed by atoms with Gasteiger partial charge in [-0.15, -0.1) is 0 Å². The summed E-state index contributed by atoms with van der Waals surface area (Å²) in [5, 5.41) is 14.4. The van der Waals surface area contributed by atoms with Crippen molar-refractivity contribution < 1.29 is 36.8 Å². The Morgan fingerprint density at radius 1 is 1.22 bits per heavy atom. The molecule has 0 fully saturated rings. The minimum Gasteiger partial charge on any atom is -0.479 e. The van der Waals surface area contributed by atoms with E-state index in [0.29, 0.717) is 10.6 Å². The second-order valence-corrected chi connectivity index (χ2v) is 7.20. The van der Waals surface area contributed by atoms with Crippen molar-refractivity contribution in [2.45, 2.75) is 20.0 Å². The summed E-state index contributed by atoms with van der Waals surface area (Å²) < 4.78 is 65.5. The predicted molar refractivity (Wildman–Crippen MR) is 118 cm³/mol. The molecule has 3 aromatic rings. The van der Waals surface area contributed by atoms with Gasteiger partial charge in [-0.2, -0.15) is 18.2 Å². The standard InChI is InChI=1S/C21H15ClF4N4O6/c1-3-34-11(2)28-36-20-27-18(21(24,25)26)10-19(31)29(20)15-9-17(12(22)8-13(15)23)35-16-7-5-4-6-14(16)30(32)33/h4-10H,3H2,1-2H3. The number of alkyl halides is 3. The van der Waals surface area contributed by atoms with E-state index < -0.39 is 45.6 Å². The van der Waals surface area contributed by atoms with Gasteiger partial charge in [0.2, 0.25) is 11.6 Å². The minimum absolute atomic E-state index is 0.118. The van der Waals surface area contributed by atoms with Crippen LogP contribution in [0.1, 0.15) is 19.5 Å². The Hall–Kier alpha value is -4.20. The van der Waals surface area contributed by atoms with E-state index in [1.807, 2.05) is 0 Å². The number of rotatable bonds is 7. The summed E-state index contributed by atoms with van der Waals surface area (Å²) in [7, 11) is 0. The van der Waals surface area contributed by atoms with Crippen molar-refractivity contribution in [2.24, 2.45) is 5.16 Å². The highest BCUT2D eigenvalue weighted by Gasteiger charge is 2.35. The molecule has 3 rings (SSSR count). The zero-order valence-electron chi connectivity index (χ0n) is 18.4. The Labute approximate surface area is 204 Å². The monoisotopic (exact) mass is 530 g/mol. The Morgan fingerprint density at radius 3 is 2.56 bits per heavy atom. The SMILES string of the molecule is CCOC(C)=NOc1nc(C(F)(F)F)cc(=O)n1-c1cc(Oc2ccccc2[N+](=O)[O-])c(Cl)cc1F. The van der Waals surface area contributed by atoms with Crippen molar-refractivity contribution in [3.8, 4) is 23.2 Å². The maximum Gasteiger partial charge on any atom is 0.433 e. The van der Waals surface area contributed by atoms with Gasteiger partial charge in [-0.25, -0.2) is 8.96 Å². The minimum atomic E-state index is -5.03. The summed E-state index contributed by atoms with van der Waals surface area (Å²) in [4.78, 5) is 31.3. The first-order valence-corrected chi connectivity index (χ1v) is 10.3. The molecule has 0 atom stereocenters. The predicted octanol–water partition coefficient (Wildman–Crippen LogP) is 5.49. The maximum atomic E-state index is 14.9. The Morgan fingerprint density at radius 2 is 1.92 bits per heavy atom. The molecule has 10 nitrogen and oxygen atoms in total. The summed E-state index contributed by atoms with van der Waals surface area (Å²) >= 11 is 6.02. The third kappa shape index (κ3) is 5.89. The third-order valence-corrected chi connectivity index (χ3v) is 4.61. The first-order chi connectivity index (χ1) is 16.9. The summed E-state index contributed by atoms with van der Waals surface area (Å²) in [6.07, 6.45) is -5.03. The van der Waals surface area contributed by atoms with E-state index in [0.717, 1.165) is 12.1 Å². The van der Waals surface area contributed by atoms with E-state index in [1.54, 1.807) is 6.92 Å². The molecule has 0 aliphatic carbocycles. The average molecular weight is 531 g/mol. The molecular formula is C21H15ClF4N4O6. The first kappa shape index (κ1) is 26.4. The smallest absolute Gasteiger partial charge is 0.433 e. The van der Waals surface area contributed by atoms with Gasteiger partial charge in [-0.05, 0) is 24.2 Å². The van der Waals surface area contributed by atoms with Crippen LogP contribution in [0.4, 0.5) is 23.2 Å². The second kappa shape index (κ2) is 10.6. The van der Waals surface area contributed by atoms with Crippen LogP contribution in [-0.2, 0) is 10.9 Å². The molecule has 0 amide bonds. The van der Waals surface area contributed by atoms with Gasteiger partial charge in [0.15, 0.2) is 5.69 Å². The van der Waals surface area contributed by atoms with E-state index in [4.69, 9.17) is 25.9 Å². The van der Waals surface area contributed by atoms with Crippen LogP contribution >= 0.6 is 11.6 Å². The van der Waals surface area contributed by atoms with Gasteiger partial charge < -0.3 is 14.3 Å². The molecule has 0 unspecified atom stereocenters. The molecule has 0 aliphatic heterocycles. The number of oxime groups is 1. The highest BCUT2D eigenvalue weighted by molar-refractivity contribution is 6.32. The lowest BCUT2D eigenvalue weighted by atomic mass is 10.2. The van der Waals surface area contributed by atoms with Gasteiger partial charge in [-0.1, -0.05) is 23.7 Å². The highest BCUT2D eigenvalue weighted by Crippen LogP contribution is 2.37. The Kier molecular flexibility index (Phi) is 7.77. The van der Waals surface area contributed by atoms with Crippen molar-refractivity contribution in [1.82, 2.24) is 9.55 Å². The van der Waals surface area contributed by atoms with Crippen LogP contribution in [0.2, 0.25) is 5.02 Å². The molecule has 190 valence electrons. The Balaban J connectivity index is 2.19. The lowest BCUT2D eigenvalue weighted by molar-refractivity contribution is -0.385. The van der Waals surface area contributed by atoms with Crippen molar-refractivity contribution >= 4 is 23.2 Å². The molecule has 0 N–H and O–H groups in total. The molecule has 0 aliphatic rings. The average Bonchev–Trinajstić information content (AvgIpc) is 2.79. The molecule has 15 heteroatoms. The van der Waals surface area contributed by atoms with Crippen LogP contribution in [0, 0.1) is 15.9 Å². The van der Waals surface area contributed by atoms with Crippen molar-refractivity contribution in [2.75, 3.05) is 6.61 Å². The fourth-order valence-corrected chi connectivity index (χ4v) is 3.00. The largest absolute Gasteiger partial charge is 0.479 e. The highest BCUT2D eigenvalue weighted by atomic mass is 35.5. The van der Waals surface area contributed by atoms with E-state index in [9.17, 15) is 32.5 Å². The molecule has 0 spiro atoms. The molecule has 1 heterocycles. The van der Waals surface area contributed by atoms with Gasteiger partial charge in [-0.3, -0.25) is 14.9 Å². The van der Waals surface area contributed by atoms with E-state index in [1.165, 1.54) is 25.1 Å². The lowest BCUT2D eigenvalue weighted by Gasteiger charge is -2.15. The molecule has 0 saturated carbocycles. The third-order valence-electron chi connectivity index (χ3n) is 4.31. The number of ether oxygens (including phenoxy) is 2.